The largest absolute Gasteiger partial charge is 0.469 e. The smallest absolute Gasteiger partial charge is 0.307 e. The molecule has 1 saturated heterocycles. The van der Waals surface area contributed by atoms with Crippen molar-refractivity contribution in [3.05, 3.63) is 0 Å². The number of thioether (sulfide) groups is 1. The molecule has 0 aromatic rings. The normalized spacial score (nSPS) is 19.5. The Morgan fingerprint density at radius 1 is 1.50 bits per heavy atom. The molecule has 1 aliphatic heterocycles. The van der Waals surface area contributed by atoms with Crippen LogP contribution in [0.15, 0.2) is 0 Å². The van der Waals surface area contributed by atoms with Gasteiger partial charge < -0.3 is 9.64 Å². The minimum atomic E-state index is -0.257. The van der Waals surface area contributed by atoms with Crippen molar-refractivity contribution in [1.29, 1.82) is 0 Å². The van der Waals surface area contributed by atoms with E-state index in [2.05, 4.69) is 4.74 Å². The van der Waals surface area contributed by atoms with Gasteiger partial charge in [-0.05, 0) is 19.1 Å². The van der Waals surface area contributed by atoms with Crippen molar-refractivity contribution in [3.63, 3.8) is 0 Å². The minimum absolute atomic E-state index is 0.155. The first-order valence-corrected chi connectivity index (χ1v) is 6.77. The van der Waals surface area contributed by atoms with Crippen molar-refractivity contribution < 1.29 is 14.3 Å². The van der Waals surface area contributed by atoms with E-state index in [4.69, 9.17) is 0 Å². The van der Waals surface area contributed by atoms with Crippen LogP contribution >= 0.6 is 11.8 Å². The summed E-state index contributed by atoms with van der Waals surface area (Å²) in [5.41, 5.74) is 0. The van der Waals surface area contributed by atoms with E-state index in [0.29, 0.717) is 13.1 Å². The van der Waals surface area contributed by atoms with E-state index in [-0.39, 0.29) is 24.2 Å². The lowest BCUT2D eigenvalue weighted by Gasteiger charge is -2.23. The van der Waals surface area contributed by atoms with Crippen molar-refractivity contribution in [3.8, 4) is 0 Å². The number of carbonyl (C=O) groups excluding carboxylic acids is 2. The number of hydrogen-bond acceptors (Lipinski definition) is 4. The highest BCUT2D eigenvalue weighted by atomic mass is 32.2. The Kier molecular flexibility index (Phi) is 5.66. The summed E-state index contributed by atoms with van der Waals surface area (Å²) in [5.74, 6) is 2.09. The van der Waals surface area contributed by atoms with Gasteiger partial charge in [0.05, 0.1) is 13.5 Å². The van der Waals surface area contributed by atoms with E-state index in [1.54, 1.807) is 4.90 Å². The van der Waals surface area contributed by atoms with Gasteiger partial charge in [-0.25, -0.2) is 0 Å². The second kappa shape index (κ2) is 6.78. The van der Waals surface area contributed by atoms with Crippen LogP contribution in [0.25, 0.3) is 0 Å². The molecule has 1 amide bonds. The summed E-state index contributed by atoms with van der Waals surface area (Å²) in [4.78, 5) is 24.8. The summed E-state index contributed by atoms with van der Waals surface area (Å²) in [6, 6.07) is 0. The first-order valence-electron chi connectivity index (χ1n) is 5.62. The second-order valence-corrected chi connectivity index (χ2v) is 4.95. The van der Waals surface area contributed by atoms with Crippen molar-refractivity contribution in [1.82, 2.24) is 4.90 Å². The summed E-state index contributed by atoms with van der Waals surface area (Å²) in [5, 5.41) is 0. The molecule has 1 rings (SSSR count). The van der Waals surface area contributed by atoms with Gasteiger partial charge in [-0.1, -0.05) is 0 Å². The highest BCUT2D eigenvalue weighted by Gasteiger charge is 2.27. The molecule has 1 atom stereocenters. The second-order valence-electron chi connectivity index (χ2n) is 3.80. The maximum atomic E-state index is 12.0. The maximum absolute atomic E-state index is 12.0. The number of esters is 1. The van der Waals surface area contributed by atoms with Crippen molar-refractivity contribution >= 4 is 23.6 Å². The van der Waals surface area contributed by atoms with E-state index in [1.165, 1.54) is 7.11 Å². The number of carbonyl (C=O) groups is 2. The molecule has 0 radical (unpaired) electrons. The fraction of sp³-hybridized carbons (Fsp3) is 0.818. The van der Waals surface area contributed by atoms with Crippen molar-refractivity contribution in [2.24, 2.45) is 5.92 Å². The Morgan fingerprint density at radius 3 is 2.75 bits per heavy atom. The Bertz CT molecular complexity index is 252. The zero-order valence-electron chi connectivity index (χ0n) is 9.90. The van der Waals surface area contributed by atoms with Gasteiger partial charge in [-0.15, -0.1) is 0 Å². The van der Waals surface area contributed by atoms with Crippen LogP contribution in [0, 0.1) is 5.92 Å². The Morgan fingerprint density at radius 2 is 2.25 bits per heavy atom. The highest BCUT2D eigenvalue weighted by Crippen LogP contribution is 2.25. The first-order chi connectivity index (χ1) is 7.69. The van der Waals surface area contributed by atoms with E-state index in [9.17, 15) is 9.59 Å². The third kappa shape index (κ3) is 3.70. The Hall–Kier alpha value is -0.710. The van der Waals surface area contributed by atoms with Crippen LogP contribution in [0.2, 0.25) is 0 Å². The molecule has 1 heterocycles. The highest BCUT2D eigenvalue weighted by molar-refractivity contribution is 7.99. The van der Waals surface area contributed by atoms with Gasteiger partial charge in [0, 0.05) is 24.8 Å². The van der Waals surface area contributed by atoms with Gasteiger partial charge in [0.15, 0.2) is 0 Å². The maximum Gasteiger partial charge on any atom is 0.307 e. The van der Waals surface area contributed by atoms with Gasteiger partial charge in [-0.3, -0.25) is 9.59 Å². The quantitative estimate of drug-likeness (QED) is 0.682. The molecule has 0 spiro atoms. The first kappa shape index (κ1) is 13.4. The summed E-state index contributed by atoms with van der Waals surface area (Å²) >= 11 is 1.83. The van der Waals surface area contributed by atoms with Crippen LogP contribution < -0.4 is 0 Å². The minimum Gasteiger partial charge on any atom is -0.469 e. The standard InChI is InChI=1S/C11H19NO3S/c1-3-12(6-4-10(13)15-2)11(14)9-5-7-16-8-9/h9H,3-8H2,1-2H3. The molecule has 0 aromatic heterocycles. The van der Waals surface area contributed by atoms with E-state index >= 15 is 0 Å². The van der Waals surface area contributed by atoms with Crippen LogP contribution in [0.5, 0.6) is 0 Å². The Labute approximate surface area is 101 Å². The zero-order chi connectivity index (χ0) is 12.0. The number of ether oxygens (including phenoxy) is 1. The fourth-order valence-corrected chi connectivity index (χ4v) is 2.95. The fourth-order valence-electron chi connectivity index (χ4n) is 1.74. The predicted molar refractivity (Wildman–Crippen MR) is 64.3 cm³/mol. The lowest BCUT2D eigenvalue weighted by atomic mass is 10.1. The predicted octanol–water partition coefficient (Wildman–Crippen LogP) is 1.15. The van der Waals surface area contributed by atoms with Gasteiger partial charge in [0.2, 0.25) is 5.91 Å². The van der Waals surface area contributed by atoms with E-state index < -0.39 is 0 Å². The van der Waals surface area contributed by atoms with Crippen LogP contribution in [0.4, 0.5) is 0 Å². The average molecular weight is 245 g/mol. The number of amides is 1. The van der Waals surface area contributed by atoms with Crippen LogP contribution in [-0.4, -0.2) is 48.5 Å². The number of rotatable bonds is 5. The monoisotopic (exact) mass is 245 g/mol. The van der Waals surface area contributed by atoms with Gasteiger partial charge in [0.25, 0.3) is 0 Å². The molecule has 0 aromatic carbocycles. The molecule has 1 unspecified atom stereocenters. The molecular formula is C11H19NO3S. The molecule has 0 N–H and O–H groups in total. The third-order valence-corrected chi connectivity index (χ3v) is 3.95. The number of hydrogen-bond donors (Lipinski definition) is 0. The molecule has 1 aliphatic rings. The van der Waals surface area contributed by atoms with Crippen LogP contribution in [0.3, 0.4) is 0 Å². The van der Waals surface area contributed by atoms with Crippen molar-refractivity contribution in [2.75, 3.05) is 31.7 Å². The van der Waals surface area contributed by atoms with Gasteiger partial charge in [-0.2, -0.15) is 11.8 Å². The van der Waals surface area contributed by atoms with Crippen LogP contribution in [0.1, 0.15) is 19.8 Å². The average Bonchev–Trinajstić information content (AvgIpc) is 2.82. The molecule has 0 aliphatic carbocycles. The molecule has 4 nitrogen and oxygen atoms in total. The summed E-state index contributed by atoms with van der Waals surface area (Å²) in [6.07, 6.45) is 1.26. The molecule has 1 fully saturated rings. The summed E-state index contributed by atoms with van der Waals surface area (Å²) in [6.45, 7) is 3.08. The molecule has 0 bridgehead atoms. The number of methoxy groups -OCH3 is 1. The molecular weight excluding hydrogens is 226 g/mol. The Balaban J connectivity index is 2.40. The summed E-state index contributed by atoms with van der Waals surface area (Å²) < 4.78 is 4.57. The molecule has 92 valence electrons. The summed E-state index contributed by atoms with van der Waals surface area (Å²) in [7, 11) is 1.37. The van der Waals surface area contributed by atoms with E-state index in [1.807, 2.05) is 18.7 Å². The molecule has 5 heteroatoms. The van der Waals surface area contributed by atoms with Gasteiger partial charge in [0.1, 0.15) is 0 Å². The lowest BCUT2D eigenvalue weighted by Crippen LogP contribution is -2.37. The SMILES string of the molecule is CCN(CCC(=O)OC)C(=O)C1CCSC1. The van der Waals surface area contributed by atoms with E-state index in [0.717, 1.165) is 17.9 Å². The third-order valence-electron chi connectivity index (χ3n) is 2.79. The molecule has 16 heavy (non-hydrogen) atoms. The number of nitrogens with zero attached hydrogens (tertiary/aromatic N) is 1. The van der Waals surface area contributed by atoms with Crippen molar-refractivity contribution in [2.45, 2.75) is 19.8 Å². The lowest BCUT2D eigenvalue weighted by molar-refractivity contribution is -0.142. The zero-order valence-corrected chi connectivity index (χ0v) is 10.7. The van der Waals surface area contributed by atoms with Gasteiger partial charge >= 0.3 is 5.97 Å². The topological polar surface area (TPSA) is 46.6 Å². The molecule has 0 saturated carbocycles. The van der Waals surface area contributed by atoms with Crippen LogP contribution in [-0.2, 0) is 14.3 Å².